The first-order valence-electron chi connectivity index (χ1n) is 9.04. The first-order valence-corrected chi connectivity index (χ1v) is 9.86. The Labute approximate surface area is 167 Å². The molecule has 0 radical (unpaired) electrons. The van der Waals surface area contributed by atoms with Crippen LogP contribution in [-0.2, 0) is 0 Å². The molecule has 0 spiro atoms. The lowest BCUT2D eigenvalue weighted by Gasteiger charge is -2.13. The second kappa shape index (κ2) is 7.77. The largest absolute Gasteiger partial charge is 0.352 e. The Balaban J connectivity index is 1.64. The van der Waals surface area contributed by atoms with Crippen LogP contribution in [0.2, 0.25) is 0 Å². The molecule has 0 atom stereocenters. The highest BCUT2D eigenvalue weighted by molar-refractivity contribution is 7.18. The van der Waals surface area contributed by atoms with E-state index in [4.69, 9.17) is 0 Å². The maximum absolute atomic E-state index is 4.55. The quantitative estimate of drug-likeness (QED) is 0.421. The number of anilines is 5. The van der Waals surface area contributed by atoms with E-state index in [1.165, 1.54) is 0 Å². The summed E-state index contributed by atoms with van der Waals surface area (Å²) in [4.78, 5) is 18.0. The van der Waals surface area contributed by atoms with Crippen LogP contribution in [0.3, 0.4) is 0 Å². The molecule has 0 amide bonds. The van der Waals surface area contributed by atoms with Gasteiger partial charge in [0.15, 0.2) is 0 Å². The summed E-state index contributed by atoms with van der Waals surface area (Å²) < 4.78 is 1.16. The van der Waals surface area contributed by atoms with Gasteiger partial charge in [-0.15, -0.1) is 11.3 Å². The normalized spacial score (nSPS) is 11.0. The number of benzene rings is 2. The minimum atomic E-state index is 0.203. The Morgan fingerprint density at radius 3 is 2.18 bits per heavy atom. The second-order valence-electron chi connectivity index (χ2n) is 6.64. The molecule has 0 aliphatic carbocycles. The van der Waals surface area contributed by atoms with Crippen LogP contribution < -0.4 is 16.0 Å². The molecule has 0 aliphatic heterocycles. The van der Waals surface area contributed by atoms with Crippen molar-refractivity contribution >= 4 is 50.8 Å². The van der Waals surface area contributed by atoms with Crippen molar-refractivity contribution in [1.82, 2.24) is 19.9 Å². The molecule has 28 heavy (non-hydrogen) atoms. The van der Waals surface area contributed by atoms with Gasteiger partial charge in [-0.05, 0) is 51.1 Å². The zero-order valence-corrected chi connectivity index (χ0v) is 16.7. The van der Waals surface area contributed by atoms with Crippen LogP contribution in [0, 0.1) is 6.92 Å². The highest BCUT2D eigenvalue weighted by Crippen LogP contribution is 2.26. The van der Waals surface area contributed by atoms with Crippen LogP contribution in [0.1, 0.15) is 18.9 Å². The average molecular weight is 392 g/mol. The number of thiazole rings is 1. The number of fused-ring (bicyclic) bond motifs is 1. The maximum atomic E-state index is 4.55. The zero-order chi connectivity index (χ0) is 19.5. The summed E-state index contributed by atoms with van der Waals surface area (Å²) >= 11 is 1.68. The van der Waals surface area contributed by atoms with Crippen LogP contribution in [0.25, 0.3) is 10.2 Å². The van der Waals surface area contributed by atoms with Crippen LogP contribution in [0.4, 0.5) is 29.2 Å². The third-order valence-electron chi connectivity index (χ3n) is 3.83. The lowest BCUT2D eigenvalue weighted by Crippen LogP contribution is -2.15. The molecule has 0 bridgehead atoms. The van der Waals surface area contributed by atoms with E-state index < -0.39 is 0 Å². The van der Waals surface area contributed by atoms with Crippen molar-refractivity contribution in [2.75, 3.05) is 16.0 Å². The summed E-state index contributed by atoms with van der Waals surface area (Å²) in [5.74, 6) is 1.44. The van der Waals surface area contributed by atoms with Crippen LogP contribution >= 0.6 is 11.3 Å². The van der Waals surface area contributed by atoms with Crippen molar-refractivity contribution in [1.29, 1.82) is 0 Å². The van der Waals surface area contributed by atoms with E-state index in [2.05, 4.69) is 42.0 Å². The Hall–Kier alpha value is -3.26. The number of hydrogen-bond donors (Lipinski definition) is 3. The molecule has 4 rings (SSSR count). The summed E-state index contributed by atoms with van der Waals surface area (Å²) in [7, 11) is 0. The fourth-order valence-electron chi connectivity index (χ4n) is 2.71. The van der Waals surface area contributed by atoms with Gasteiger partial charge in [0.25, 0.3) is 0 Å². The predicted molar refractivity (Wildman–Crippen MR) is 116 cm³/mol. The number of hydrogen-bond acceptors (Lipinski definition) is 8. The summed E-state index contributed by atoms with van der Waals surface area (Å²) in [6, 6.07) is 16.1. The monoisotopic (exact) mass is 391 g/mol. The molecule has 2 aromatic heterocycles. The van der Waals surface area contributed by atoms with Crippen molar-refractivity contribution in [2.45, 2.75) is 26.8 Å². The highest BCUT2D eigenvalue weighted by Gasteiger charge is 2.09. The van der Waals surface area contributed by atoms with Gasteiger partial charge in [-0.3, -0.25) is 0 Å². The average Bonchev–Trinajstić information content (AvgIpc) is 3.01. The third-order valence-corrected chi connectivity index (χ3v) is 4.79. The van der Waals surface area contributed by atoms with Gasteiger partial charge in [0.1, 0.15) is 0 Å². The summed E-state index contributed by atoms with van der Waals surface area (Å²) in [5.41, 5.74) is 2.75. The van der Waals surface area contributed by atoms with Crippen molar-refractivity contribution in [3.8, 4) is 0 Å². The minimum Gasteiger partial charge on any atom is -0.352 e. The standard InChI is InChI=1S/C20H21N7S/c1-12(2)21-18-25-19(23-14-7-5-4-6-8-14)27-20(26-18)24-15-9-10-17-16(11-15)22-13(3)28-17/h4-12H,1-3H3,(H3,21,23,24,25,26,27). The van der Waals surface area contributed by atoms with Gasteiger partial charge < -0.3 is 16.0 Å². The molecule has 0 saturated heterocycles. The smallest absolute Gasteiger partial charge is 0.233 e. The zero-order valence-electron chi connectivity index (χ0n) is 15.9. The number of nitrogens with one attached hydrogen (secondary N) is 3. The minimum absolute atomic E-state index is 0.203. The molecular formula is C20H21N7S. The van der Waals surface area contributed by atoms with Gasteiger partial charge in [0, 0.05) is 17.4 Å². The molecule has 0 fully saturated rings. The van der Waals surface area contributed by atoms with Crippen molar-refractivity contribution in [3.63, 3.8) is 0 Å². The Morgan fingerprint density at radius 2 is 1.46 bits per heavy atom. The van der Waals surface area contributed by atoms with Gasteiger partial charge in [-0.1, -0.05) is 18.2 Å². The molecule has 7 nitrogen and oxygen atoms in total. The Kier molecular flexibility index (Phi) is 5.03. The molecule has 142 valence electrons. The summed E-state index contributed by atoms with van der Waals surface area (Å²) in [6.07, 6.45) is 0. The fourth-order valence-corrected chi connectivity index (χ4v) is 3.52. The molecule has 0 unspecified atom stereocenters. The van der Waals surface area contributed by atoms with Gasteiger partial charge in [0.05, 0.1) is 15.2 Å². The number of aryl methyl sites for hydroxylation is 1. The van der Waals surface area contributed by atoms with E-state index >= 15 is 0 Å². The third kappa shape index (κ3) is 4.34. The Morgan fingerprint density at radius 1 is 0.786 bits per heavy atom. The summed E-state index contributed by atoms with van der Waals surface area (Å²) in [5, 5.41) is 10.8. The van der Waals surface area contributed by atoms with Gasteiger partial charge in [0.2, 0.25) is 17.8 Å². The molecule has 2 heterocycles. The predicted octanol–water partition coefficient (Wildman–Crippen LogP) is 5.10. The van der Waals surface area contributed by atoms with Gasteiger partial charge >= 0.3 is 0 Å². The van der Waals surface area contributed by atoms with Gasteiger partial charge in [-0.2, -0.15) is 15.0 Å². The fraction of sp³-hybridized carbons (Fsp3) is 0.200. The van der Waals surface area contributed by atoms with Crippen molar-refractivity contribution < 1.29 is 0 Å². The highest BCUT2D eigenvalue weighted by atomic mass is 32.1. The topological polar surface area (TPSA) is 87.7 Å². The molecule has 8 heteroatoms. The van der Waals surface area contributed by atoms with Crippen molar-refractivity contribution in [3.05, 3.63) is 53.5 Å². The SMILES string of the molecule is Cc1nc2cc(Nc3nc(Nc4ccccc4)nc(NC(C)C)n3)ccc2s1. The number of para-hydroxylation sites is 1. The molecule has 0 aliphatic rings. The van der Waals surface area contributed by atoms with Crippen LogP contribution in [0.15, 0.2) is 48.5 Å². The molecule has 3 N–H and O–H groups in total. The first-order chi connectivity index (χ1) is 13.5. The maximum Gasteiger partial charge on any atom is 0.233 e. The van der Waals surface area contributed by atoms with Gasteiger partial charge in [-0.25, -0.2) is 4.98 Å². The first kappa shape index (κ1) is 18.1. The van der Waals surface area contributed by atoms with Crippen LogP contribution in [0.5, 0.6) is 0 Å². The van der Waals surface area contributed by atoms with E-state index in [0.717, 1.165) is 26.6 Å². The van der Waals surface area contributed by atoms with Crippen LogP contribution in [-0.4, -0.2) is 26.0 Å². The lowest BCUT2D eigenvalue weighted by atomic mass is 10.3. The second-order valence-corrected chi connectivity index (χ2v) is 7.87. The molecule has 0 saturated carbocycles. The van der Waals surface area contributed by atoms with E-state index in [1.807, 2.05) is 63.2 Å². The molecular weight excluding hydrogens is 370 g/mol. The molecule has 4 aromatic rings. The van der Waals surface area contributed by atoms with Crippen molar-refractivity contribution in [2.24, 2.45) is 0 Å². The van der Waals surface area contributed by atoms with E-state index in [0.29, 0.717) is 17.8 Å². The molecule has 2 aromatic carbocycles. The Bertz CT molecular complexity index is 1090. The number of rotatable bonds is 6. The van der Waals surface area contributed by atoms with E-state index in [9.17, 15) is 0 Å². The van der Waals surface area contributed by atoms with E-state index in [-0.39, 0.29) is 6.04 Å². The lowest BCUT2D eigenvalue weighted by molar-refractivity contribution is 0.869. The number of nitrogens with zero attached hydrogens (tertiary/aromatic N) is 4. The van der Waals surface area contributed by atoms with E-state index in [1.54, 1.807) is 11.3 Å². The summed E-state index contributed by atoms with van der Waals surface area (Å²) in [6.45, 7) is 6.09. The number of aromatic nitrogens is 4.